The van der Waals surface area contributed by atoms with Crippen molar-refractivity contribution in [3.63, 3.8) is 0 Å². The molecule has 0 saturated carbocycles. The Morgan fingerprint density at radius 2 is 1.90 bits per heavy atom. The van der Waals surface area contributed by atoms with Crippen molar-refractivity contribution in [2.24, 2.45) is 0 Å². The normalized spacial score (nSPS) is 15.2. The van der Waals surface area contributed by atoms with Crippen LogP contribution < -0.4 is 14.8 Å². The van der Waals surface area contributed by atoms with Crippen molar-refractivity contribution in [1.29, 1.82) is 0 Å². The van der Waals surface area contributed by atoms with Crippen molar-refractivity contribution in [2.45, 2.75) is 38.9 Å². The number of hydrogen-bond donors (Lipinski definition) is 1. The van der Waals surface area contributed by atoms with Crippen LogP contribution in [0.4, 0.5) is 0 Å². The molecule has 0 bridgehead atoms. The third-order valence-electron chi connectivity index (χ3n) is 5.67. The number of ether oxygens (including phenoxy) is 2. The SMILES string of the molecule is CCOc1ccc(-c2nc(CNC3CCN(Cc4ccccc4)CC3)cs2)cc1OC. The molecule has 0 amide bonds. The minimum atomic E-state index is 0.558. The van der Waals surface area contributed by atoms with Gasteiger partial charge in [0.1, 0.15) is 5.01 Å². The zero-order chi connectivity index (χ0) is 21.5. The number of piperidine rings is 1. The molecule has 0 spiro atoms. The average molecular weight is 438 g/mol. The molecule has 5 nitrogen and oxygen atoms in total. The number of methoxy groups -OCH3 is 1. The third-order valence-corrected chi connectivity index (χ3v) is 6.61. The zero-order valence-corrected chi connectivity index (χ0v) is 19.2. The number of hydrogen-bond acceptors (Lipinski definition) is 6. The fraction of sp³-hybridized carbons (Fsp3) is 0.400. The van der Waals surface area contributed by atoms with Crippen LogP contribution in [0.3, 0.4) is 0 Å². The molecule has 2 heterocycles. The Labute approximate surface area is 189 Å². The summed E-state index contributed by atoms with van der Waals surface area (Å²) in [5.41, 5.74) is 3.56. The molecule has 1 aliphatic rings. The van der Waals surface area contributed by atoms with Crippen molar-refractivity contribution in [3.8, 4) is 22.1 Å². The van der Waals surface area contributed by atoms with Crippen LogP contribution in [0.1, 0.15) is 31.0 Å². The zero-order valence-electron chi connectivity index (χ0n) is 18.3. The van der Waals surface area contributed by atoms with E-state index in [-0.39, 0.29) is 0 Å². The first kappa shape index (κ1) is 21.8. The van der Waals surface area contributed by atoms with Crippen LogP contribution in [0.15, 0.2) is 53.9 Å². The quantitative estimate of drug-likeness (QED) is 0.512. The van der Waals surface area contributed by atoms with Gasteiger partial charge in [0.15, 0.2) is 11.5 Å². The molecule has 6 heteroatoms. The Kier molecular flexibility index (Phi) is 7.57. The standard InChI is InChI=1S/C25H31N3O2S/c1-3-30-23-10-9-20(15-24(23)29-2)25-27-22(18-31-25)16-26-21-11-13-28(14-12-21)17-19-7-5-4-6-8-19/h4-10,15,18,21,26H,3,11-14,16-17H2,1-2H3. The predicted molar refractivity (Wildman–Crippen MR) is 127 cm³/mol. The summed E-state index contributed by atoms with van der Waals surface area (Å²) in [6.07, 6.45) is 2.36. The fourth-order valence-electron chi connectivity index (χ4n) is 3.98. The summed E-state index contributed by atoms with van der Waals surface area (Å²) >= 11 is 1.67. The molecule has 164 valence electrons. The summed E-state index contributed by atoms with van der Waals surface area (Å²) in [5.74, 6) is 1.52. The van der Waals surface area contributed by atoms with E-state index in [9.17, 15) is 0 Å². The van der Waals surface area contributed by atoms with Crippen molar-refractivity contribution >= 4 is 11.3 Å². The highest BCUT2D eigenvalue weighted by Gasteiger charge is 2.19. The van der Waals surface area contributed by atoms with Gasteiger partial charge in [0.2, 0.25) is 0 Å². The van der Waals surface area contributed by atoms with Crippen molar-refractivity contribution in [2.75, 3.05) is 26.8 Å². The Hall–Kier alpha value is -2.41. The van der Waals surface area contributed by atoms with Crippen LogP contribution in [0, 0.1) is 0 Å². The Bertz CT molecular complexity index is 952. The second-order valence-electron chi connectivity index (χ2n) is 7.86. The predicted octanol–water partition coefficient (Wildman–Crippen LogP) is 4.97. The van der Waals surface area contributed by atoms with Gasteiger partial charge in [0, 0.05) is 30.1 Å². The van der Waals surface area contributed by atoms with E-state index in [4.69, 9.17) is 14.5 Å². The lowest BCUT2D eigenvalue weighted by Gasteiger charge is -2.32. The van der Waals surface area contributed by atoms with E-state index >= 15 is 0 Å². The van der Waals surface area contributed by atoms with Gasteiger partial charge in [-0.1, -0.05) is 30.3 Å². The molecule has 0 aliphatic carbocycles. The third kappa shape index (κ3) is 5.85. The summed E-state index contributed by atoms with van der Waals surface area (Å²) < 4.78 is 11.1. The monoisotopic (exact) mass is 437 g/mol. The Morgan fingerprint density at radius 1 is 1.10 bits per heavy atom. The Balaban J connectivity index is 1.27. The summed E-state index contributed by atoms with van der Waals surface area (Å²) in [7, 11) is 1.67. The molecule has 4 rings (SSSR count). The van der Waals surface area contributed by atoms with E-state index in [1.807, 2.05) is 25.1 Å². The highest BCUT2D eigenvalue weighted by Crippen LogP contribution is 2.33. The first-order valence-corrected chi connectivity index (χ1v) is 11.9. The second-order valence-corrected chi connectivity index (χ2v) is 8.72. The Morgan fingerprint density at radius 3 is 2.65 bits per heavy atom. The van der Waals surface area contributed by atoms with Gasteiger partial charge < -0.3 is 14.8 Å². The highest BCUT2D eigenvalue weighted by atomic mass is 32.1. The van der Waals surface area contributed by atoms with E-state index < -0.39 is 0 Å². The highest BCUT2D eigenvalue weighted by molar-refractivity contribution is 7.13. The molecule has 1 N–H and O–H groups in total. The number of benzene rings is 2. The molecule has 31 heavy (non-hydrogen) atoms. The summed E-state index contributed by atoms with van der Waals surface area (Å²) in [6.45, 7) is 6.73. The van der Waals surface area contributed by atoms with Crippen LogP contribution in [-0.2, 0) is 13.1 Å². The summed E-state index contributed by atoms with van der Waals surface area (Å²) in [5, 5.41) is 6.87. The number of likely N-dealkylation sites (tertiary alicyclic amines) is 1. The lowest BCUT2D eigenvalue weighted by molar-refractivity contribution is 0.190. The van der Waals surface area contributed by atoms with E-state index in [1.54, 1.807) is 18.4 Å². The van der Waals surface area contributed by atoms with Crippen molar-refractivity contribution in [1.82, 2.24) is 15.2 Å². The molecule has 3 aromatic rings. The maximum absolute atomic E-state index is 5.61. The van der Waals surface area contributed by atoms with E-state index in [0.717, 1.165) is 53.9 Å². The molecule has 1 aromatic heterocycles. The molecular weight excluding hydrogens is 406 g/mol. The van der Waals surface area contributed by atoms with Gasteiger partial charge in [-0.2, -0.15) is 0 Å². The average Bonchev–Trinajstić information content (AvgIpc) is 3.29. The summed E-state index contributed by atoms with van der Waals surface area (Å²) in [4.78, 5) is 7.39. The molecule has 2 aromatic carbocycles. The topological polar surface area (TPSA) is 46.6 Å². The number of nitrogens with one attached hydrogen (secondary N) is 1. The summed E-state index contributed by atoms with van der Waals surface area (Å²) in [6, 6.07) is 17.3. The molecule has 0 atom stereocenters. The van der Waals surface area contributed by atoms with E-state index in [2.05, 4.69) is 45.9 Å². The maximum Gasteiger partial charge on any atom is 0.161 e. The first-order valence-electron chi connectivity index (χ1n) is 11.0. The molecule has 1 saturated heterocycles. The lowest BCUT2D eigenvalue weighted by atomic mass is 10.0. The van der Waals surface area contributed by atoms with Gasteiger partial charge in [-0.25, -0.2) is 4.98 Å². The minimum absolute atomic E-state index is 0.558. The van der Waals surface area contributed by atoms with Crippen molar-refractivity contribution in [3.05, 3.63) is 65.2 Å². The lowest BCUT2D eigenvalue weighted by Crippen LogP contribution is -2.41. The van der Waals surface area contributed by atoms with Crippen LogP contribution >= 0.6 is 11.3 Å². The smallest absolute Gasteiger partial charge is 0.161 e. The number of nitrogens with zero attached hydrogens (tertiary/aromatic N) is 2. The van der Waals surface area contributed by atoms with Gasteiger partial charge in [0.05, 0.1) is 19.4 Å². The number of thiazole rings is 1. The molecule has 0 unspecified atom stereocenters. The van der Waals surface area contributed by atoms with Crippen LogP contribution in [0.5, 0.6) is 11.5 Å². The van der Waals surface area contributed by atoms with E-state index in [0.29, 0.717) is 12.6 Å². The van der Waals surface area contributed by atoms with Crippen molar-refractivity contribution < 1.29 is 9.47 Å². The number of rotatable bonds is 9. The second kappa shape index (κ2) is 10.8. The molecule has 1 fully saturated rings. The minimum Gasteiger partial charge on any atom is -0.493 e. The van der Waals surface area contributed by atoms with Gasteiger partial charge >= 0.3 is 0 Å². The number of aromatic nitrogens is 1. The largest absolute Gasteiger partial charge is 0.493 e. The van der Waals surface area contributed by atoms with Crippen LogP contribution in [0.2, 0.25) is 0 Å². The molecular formula is C25H31N3O2S. The van der Waals surface area contributed by atoms with Gasteiger partial charge in [-0.15, -0.1) is 11.3 Å². The van der Waals surface area contributed by atoms with Gasteiger partial charge in [-0.05, 0) is 56.6 Å². The van der Waals surface area contributed by atoms with Gasteiger partial charge in [-0.3, -0.25) is 4.90 Å². The van der Waals surface area contributed by atoms with E-state index in [1.165, 1.54) is 18.4 Å². The fourth-order valence-corrected chi connectivity index (χ4v) is 4.80. The van der Waals surface area contributed by atoms with Gasteiger partial charge in [0.25, 0.3) is 0 Å². The molecule has 1 aliphatic heterocycles. The first-order chi connectivity index (χ1) is 15.2. The van der Waals surface area contributed by atoms with Crippen LogP contribution in [-0.4, -0.2) is 42.7 Å². The van der Waals surface area contributed by atoms with Crippen LogP contribution in [0.25, 0.3) is 10.6 Å². The maximum atomic E-state index is 5.61. The molecule has 0 radical (unpaired) electrons.